The zero-order chi connectivity index (χ0) is 14.7. The lowest BCUT2D eigenvalue weighted by Crippen LogP contribution is -2.46. The number of amides is 3. The van der Waals surface area contributed by atoms with Gasteiger partial charge in [-0.1, -0.05) is 18.2 Å². The summed E-state index contributed by atoms with van der Waals surface area (Å²) in [5.74, 6) is -2.05. The first kappa shape index (κ1) is 13.6. The van der Waals surface area contributed by atoms with Gasteiger partial charge in [0.2, 0.25) is 11.8 Å². The lowest BCUT2D eigenvalue weighted by atomic mass is 10.2. The molecule has 0 spiro atoms. The molecule has 1 atom stereocenters. The third kappa shape index (κ3) is 2.94. The Morgan fingerprint density at radius 2 is 1.90 bits per heavy atom. The molecular weight excluding hydrogens is 260 g/mol. The number of rotatable bonds is 5. The van der Waals surface area contributed by atoms with E-state index in [1.54, 1.807) is 6.07 Å². The zero-order valence-electron chi connectivity index (χ0n) is 10.6. The molecule has 1 aromatic heterocycles. The van der Waals surface area contributed by atoms with E-state index in [0.717, 1.165) is 10.9 Å². The number of hydrogen-bond acceptors (Lipinski definition) is 3. The fourth-order valence-corrected chi connectivity index (χ4v) is 1.86. The Labute approximate surface area is 114 Å². The molecule has 7 heteroatoms. The van der Waals surface area contributed by atoms with Crippen LogP contribution in [0.15, 0.2) is 30.3 Å². The van der Waals surface area contributed by atoms with Gasteiger partial charge in [-0.05, 0) is 12.1 Å². The van der Waals surface area contributed by atoms with E-state index < -0.39 is 23.8 Å². The SMILES string of the molecule is NC(=O)C[C@H](NC(=O)c1cc2ccccc2[nH]1)C(N)=O. The third-order valence-corrected chi connectivity index (χ3v) is 2.83. The van der Waals surface area contributed by atoms with E-state index in [2.05, 4.69) is 10.3 Å². The maximum absolute atomic E-state index is 12.0. The van der Waals surface area contributed by atoms with Crippen LogP contribution in [0.4, 0.5) is 0 Å². The van der Waals surface area contributed by atoms with Crippen LogP contribution in [-0.2, 0) is 9.59 Å². The van der Waals surface area contributed by atoms with Crippen molar-refractivity contribution in [3.05, 3.63) is 36.0 Å². The molecule has 7 nitrogen and oxygen atoms in total. The molecule has 2 rings (SSSR count). The van der Waals surface area contributed by atoms with Crippen LogP contribution >= 0.6 is 0 Å². The van der Waals surface area contributed by atoms with Gasteiger partial charge in [0.05, 0.1) is 6.42 Å². The van der Waals surface area contributed by atoms with E-state index in [0.29, 0.717) is 0 Å². The van der Waals surface area contributed by atoms with Gasteiger partial charge >= 0.3 is 0 Å². The first-order chi connectivity index (χ1) is 9.47. The number of aromatic amines is 1. The molecule has 0 unspecified atom stereocenters. The van der Waals surface area contributed by atoms with E-state index >= 15 is 0 Å². The van der Waals surface area contributed by atoms with Gasteiger partial charge in [0, 0.05) is 10.9 Å². The summed E-state index contributed by atoms with van der Waals surface area (Å²) in [7, 11) is 0. The van der Waals surface area contributed by atoms with Crippen molar-refractivity contribution in [1.29, 1.82) is 0 Å². The molecule has 0 radical (unpaired) electrons. The molecule has 6 N–H and O–H groups in total. The lowest BCUT2D eigenvalue weighted by molar-refractivity contribution is -0.124. The first-order valence-electron chi connectivity index (χ1n) is 5.93. The minimum atomic E-state index is -1.12. The van der Waals surface area contributed by atoms with Crippen LogP contribution in [-0.4, -0.2) is 28.7 Å². The standard InChI is InChI=1S/C13H14N4O3/c14-11(18)6-9(12(15)19)17-13(20)10-5-7-3-1-2-4-8(7)16-10/h1-5,9,16H,6H2,(H2,14,18)(H2,15,19)(H,17,20)/t9-/m0/s1. The smallest absolute Gasteiger partial charge is 0.268 e. The second kappa shape index (κ2) is 5.43. The number of para-hydroxylation sites is 1. The van der Waals surface area contributed by atoms with Crippen molar-refractivity contribution in [2.45, 2.75) is 12.5 Å². The van der Waals surface area contributed by atoms with Crippen LogP contribution in [0.3, 0.4) is 0 Å². The number of nitrogens with one attached hydrogen (secondary N) is 2. The topological polar surface area (TPSA) is 131 Å². The molecule has 0 aliphatic carbocycles. The van der Waals surface area contributed by atoms with Crippen LogP contribution in [0.1, 0.15) is 16.9 Å². The number of carbonyl (C=O) groups excluding carboxylic acids is 3. The largest absolute Gasteiger partial charge is 0.370 e. The summed E-state index contributed by atoms with van der Waals surface area (Å²) in [6.07, 6.45) is -0.332. The Morgan fingerprint density at radius 3 is 2.50 bits per heavy atom. The fraction of sp³-hybridized carbons (Fsp3) is 0.154. The predicted molar refractivity (Wildman–Crippen MR) is 72.6 cm³/mol. The molecule has 1 aromatic carbocycles. The molecule has 0 bridgehead atoms. The van der Waals surface area contributed by atoms with E-state index in [-0.39, 0.29) is 12.1 Å². The molecule has 104 valence electrons. The molecule has 2 aromatic rings. The highest BCUT2D eigenvalue weighted by Crippen LogP contribution is 2.14. The number of aromatic nitrogens is 1. The van der Waals surface area contributed by atoms with Crippen molar-refractivity contribution in [1.82, 2.24) is 10.3 Å². The highest BCUT2D eigenvalue weighted by atomic mass is 16.2. The lowest BCUT2D eigenvalue weighted by Gasteiger charge is -2.12. The van der Waals surface area contributed by atoms with E-state index in [1.807, 2.05) is 24.3 Å². The summed E-state index contributed by atoms with van der Waals surface area (Å²) < 4.78 is 0. The van der Waals surface area contributed by atoms with Crippen LogP contribution < -0.4 is 16.8 Å². The van der Waals surface area contributed by atoms with Crippen molar-refractivity contribution < 1.29 is 14.4 Å². The predicted octanol–water partition coefficient (Wildman–Crippen LogP) is -0.373. The number of nitrogens with two attached hydrogens (primary N) is 2. The van der Waals surface area contributed by atoms with Gasteiger partial charge in [0.15, 0.2) is 0 Å². The van der Waals surface area contributed by atoms with Crippen LogP contribution in [0.2, 0.25) is 0 Å². The first-order valence-corrected chi connectivity index (χ1v) is 5.93. The average Bonchev–Trinajstić information content (AvgIpc) is 2.81. The zero-order valence-corrected chi connectivity index (χ0v) is 10.6. The van der Waals surface area contributed by atoms with Gasteiger partial charge in [-0.25, -0.2) is 0 Å². The summed E-state index contributed by atoms with van der Waals surface area (Å²) >= 11 is 0. The molecule has 0 saturated heterocycles. The van der Waals surface area contributed by atoms with Gasteiger partial charge in [-0.15, -0.1) is 0 Å². The second-order valence-corrected chi connectivity index (χ2v) is 4.37. The van der Waals surface area contributed by atoms with Crippen LogP contribution in [0.25, 0.3) is 10.9 Å². The maximum atomic E-state index is 12.0. The normalized spacial score (nSPS) is 12.0. The molecular formula is C13H14N4O3. The quantitative estimate of drug-likeness (QED) is 0.593. The number of hydrogen-bond donors (Lipinski definition) is 4. The van der Waals surface area contributed by atoms with E-state index in [1.165, 1.54) is 0 Å². The highest BCUT2D eigenvalue weighted by Gasteiger charge is 2.21. The van der Waals surface area contributed by atoms with Crippen LogP contribution in [0.5, 0.6) is 0 Å². The monoisotopic (exact) mass is 274 g/mol. The summed E-state index contributed by atoms with van der Waals surface area (Å²) in [6.45, 7) is 0. The number of carbonyl (C=O) groups is 3. The highest BCUT2D eigenvalue weighted by molar-refractivity contribution is 6.00. The second-order valence-electron chi connectivity index (χ2n) is 4.37. The van der Waals surface area contributed by atoms with Gasteiger partial charge in [-0.2, -0.15) is 0 Å². The summed E-state index contributed by atoms with van der Waals surface area (Å²) in [5.41, 5.74) is 11.2. The van der Waals surface area contributed by atoms with Crippen molar-refractivity contribution in [2.24, 2.45) is 11.5 Å². The molecule has 1 heterocycles. The Hall–Kier alpha value is -2.83. The molecule has 20 heavy (non-hydrogen) atoms. The molecule has 3 amide bonds. The summed E-state index contributed by atoms with van der Waals surface area (Å²) in [6, 6.07) is 7.87. The number of primary amides is 2. The molecule has 0 saturated carbocycles. The van der Waals surface area contributed by atoms with Crippen LogP contribution in [0, 0.1) is 0 Å². The number of benzene rings is 1. The van der Waals surface area contributed by atoms with Crippen molar-refractivity contribution in [3.8, 4) is 0 Å². The molecule has 0 fully saturated rings. The van der Waals surface area contributed by atoms with Gasteiger partial charge in [0.1, 0.15) is 11.7 Å². The van der Waals surface area contributed by atoms with Crippen molar-refractivity contribution >= 4 is 28.6 Å². The Morgan fingerprint density at radius 1 is 1.20 bits per heavy atom. The minimum Gasteiger partial charge on any atom is -0.370 e. The third-order valence-electron chi connectivity index (χ3n) is 2.83. The summed E-state index contributed by atoms with van der Waals surface area (Å²) in [5, 5.41) is 3.24. The number of fused-ring (bicyclic) bond motifs is 1. The molecule has 0 aliphatic rings. The fourth-order valence-electron chi connectivity index (χ4n) is 1.86. The van der Waals surface area contributed by atoms with Gasteiger partial charge in [-0.3, -0.25) is 14.4 Å². The van der Waals surface area contributed by atoms with E-state index in [9.17, 15) is 14.4 Å². The van der Waals surface area contributed by atoms with Crippen molar-refractivity contribution in [3.63, 3.8) is 0 Å². The summed E-state index contributed by atoms with van der Waals surface area (Å²) in [4.78, 5) is 36.9. The average molecular weight is 274 g/mol. The van der Waals surface area contributed by atoms with Crippen molar-refractivity contribution in [2.75, 3.05) is 0 Å². The maximum Gasteiger partial charge on any atom is 0.268 e. The number of H-pyrrole nitrogens is 1. The molecule has 0 aliphatic heterocycles. The van der Waals surface area contributed by atoms with E-state index in [4.69, 9.17) is 11.5 Å². The Kier molecular flexibility index (Phi) is 3.69. The Balaban J connectivity index is 2.17. The Bertz CT molecular complexity index is 644. The van der Waals surface area contributed by atoms with Gasteiger partial charge in [0.25, 0.3) is 5.91 Å². The van der Waals surface area contributed by atoms with Gasteiger partial charge < -0.3 is 21.8 Å². The minimum absolute atomic E-state index is 0.280.